The molecule has 0 radical (unpaired) electrons. The molecule has 1 atom stereocenters. The number of amides is 1. The molecule has 0 fully saturated rings. The highest BCUT2D eigenvalue weighted by Gasteiger charge is 2.17. The number of hydrogen-bond donors (Lipinski definition) is 2. The first kappa shape index (κ1) is 13.4. The molecule has 2 aromatic rings. The van der Waals surface area contributed by atoms with Gasteiger partial charge >= 0.3 is 0 Å². The number of aliphatic hydroxyl groups is 1. The van der Waals surface area contributed by atoms with Crippen molar-refractivity contribution in [2.75, 3.05) is 6.61 Å². The van der Waals surface area contributed by atoms with Crippen LogP contribution in [0.5, 0.6) is 0 Å². The molecule has 2 rings (SSSR count). The number of hydrogen-bond acceptors (Lipinski definition) is 3. The van der Waals surface area contributed by atoms with Gasteiger partial charge in [0.05, 0.1) is 12.6 Å². The van der Waals surface area contributed by atoms with Crippen molar-refractivity contribution in [3.8, 4) is 0 Å². The Morgan fingerprint density at radius 1 is 1.26 bits per heavy atom. The van der Waals surface area contributed by atoms with E-state index in [-0.39, 0.29) is 18.3 Å². The van der Waals surface area contributed by atoms with Crippen molar-refractivity contribution in [1.82, 2.24) is 5.32 Å². The van der Waals surface area contributed by atoms with E-state index in [4.69, 9.17) is 4.42 Å². The summed E-state index contributed by atoms with van der Waals surface area (Å²) in [6.45, 7) is 1.80. The second-order valence-corrected chi connectivity index (χ2v) is 4.24. The average molecular weight is 259 g/mol. The first-order valence-corrected chi connectivity index (χ1v) is 6.30. The predicted molar refractivity (Wildman–Crippen MR) is 71.8 cm³/mol. The Bertz CT molecular complexity index is 533. The van der Waals surface area contributed by atoms with Crippen molar-refractivity contribution in [1.29, 1.82) is 0 Å². The van der Waals surface area contributed by atoms with E-state index in [1.807, 2.05) is 37.3 Å². The number of aryl methyl sites for hydroxylation is 1. The standard InChI is InChI=1S/C15H17NO3/c1-2-12-8-9-14(19-12)15(18)16-13(10-17)11-6-4-3-5-7-11/h3-9,13,17H,2,10H2,1H3,(H,16,18)/t13-/m1/s1. The van der Waals surface area contributed by atoms with E-state index in [0.29, 0.717) is 0 Å². The zero-order valence-electron chi connectivity index (χ0n) is 10.8. The number of furan rings is 1. The van der Waals surface area contributed by atoms with Crippen LogP contribution >= 0.6 is 0 Å². The molecule has 4 heteroatoms. The van der Waals surface area contributed by atoms with E-state index in [1.54, 1.807) is 12.1 Å². The van der Waals surface area contributed by atoms with Crippen molar-refractivity contribution >= 4 is 5.91 Å². The minimum absolute atomic E-state index is 0.156. The van der Waals surface area contributed by atoms with Crippen LogP contribution in [0.25, 0.3) is 0 Å². The SMILES string of the molecule is CCc1ccc(C(=O)N[C@H](CO)c2ccccc2)o1. The summed E-state index contributed by atoms with van der Waals surface area (Å²) < 4.78 is 5.38. The highest BCUT2D eigenvalue weighted by Crippen LogP contribution is 2.14. The summed E-state index contributed by atoms with van der Waals surface area (Å²) >= 11 is 0. The highest BCUT2D eigenvalue weighted by molar-refractivity contribution is 5.91. The van der Waals surface area contributed by atoms with Gasteiger partial charge < -0.3 is 14.8 Å². The summed E-state index contributed by atoms with van der Waals surface area (Å²) in [6, 6.07) is 12.3. The van der Waals surface area contributed by atoms with Gasteiger partial charge in [-0.25, -0.2) is 0 Å². The van der Waals surface area contributed by atoms with Crippen molar-refractivity contribution in [2.24, 2.45) is 0 Å². The number of aliphatic hydroxyl groups excluding tert-OH is 1. The molecule has 0 aliphatic rings. The zero-order valence-corrected chi connectivity index (χ0v) is 10.8. The molecule has 1 amide bonds. The van der Waals surface area contributed by atoms with Crippen LogP contribution in [0.2, 0.25) is 0 Å². The second-order valence-electron chi connectivity index (χ2n) is 4.24. The van der Waals surface area contributed by atoms with Crippen LogP contribution in [0, 0.1) is 0 Å². The molecule has 0 spiro atoms. The molecule has 19 heavy (non-hydrogen) atoms. The number of nitrogens with one attached hydrogen (secondary N) is 1. The van der Waals surface area contributed by atoms with Crippen LogP contribution in [0.3, 0.4) is 0 Å². The molecule has 0 saturated heterocycles. The van der Waals surface area contributed by atoms with E-state index in [9.17, 15) is 9.90 Å². The van der Waals surface area contributed by atoms with Crippen LogP contribution in [0.15, 0.2) is 46.9 Å². The average Bonchev–Trinajstić information content (AvgIpc) is 2.94. The molecule has 4 nitrogen and oxygen atoms in total. The Morgan fingerprint density at radius 2 is 2.00 bits per heavy atom. The maximum atomic E-state index is 12.0. The lowest BCUT2D eigenvalue weighted by Crippen LogP contribution is -2.30. The Kier molecular flexibility index (Phi) is 4.36. The fourth-order valence-electron chi connectivity index (χ4n) is 1.84. The lowest BCUT2D eigenvalue weighted by Gasteiger charge is -2.15. The molecule has 0 saturated carbocycles. The van der Waals surface area contributed by atoms with Crippen LogP contribution in [-0.2, 0) is 6.42 Å². The molecule has 1 aromatic carbocycles. The van der Waals surface area contributed by atoms with Gasteiger partial charge in [0.15, 0.2) is 5.76 Å². The molecule has 0 aliphatic carbocycles. The molecule has 100 valence electrons. The number of benzene rings is 1. The monoisotopic (exact) mass is 259 g/mol. The molecule has 0 unspecified atom stereocenters. The van der Waals surface area contributed by atoms with E-state index in [0.717, 1.165) is 17.7 Å². The molecule has 1 heterocycles. The van der Waals surface area contributed by atoms with Crippen LogP contribution in [-0.4, -0.2) is 17.6 Å². The lowest BCUT2D eigenvalue weighted by atomic mass is 10.1. The third-order valence-electron chi connectivity index (χ3n) is 2.92. The van der Waals surface area contributed by atoms with Crippen LogP contribution in [0.1, 0.15) is 34.8 Å². The second kappa shape index (κ2) is 6.20. The summed E-state index contributed by atoms with van der Waals surface area (Å²) in [6.07, 6.45) is 0.745. The quantitative estimate of drug-likeness (QED) is 0.866. The Morgan fingerprint density at radius 3 is 2.58 bits per heavy atom. The van der Waals surface area contributed by atoms with Crippen molar-refractivity contribution < 1.29 is 14.3 Å². The van der Waals surface area contributed by atoms with E-state index in [1.165, 1.54) is 0 Å². The van der Waals surface area contributed by atoms with Crippen molar-refractivity contribution in [3.63, 3.8) is 0 Å². The summed E-state index contributed by atoms with van der Waals surface area (Å²) in [7, 11) is 0. The topological polar surface area (TPSA) is 62.5 Å². The van der Waals surface area contributed by atoms with Crippen LogP contribution in [0.4, 0.5) is 0 Å². The number of rotatable bonds is 5. The Hall–Kier alpha value is -2.07. The Labute approximate surface area is 112 Å². The minimum Gasteiger partial charge on any atom is -0.456 e. The van der Waals surface area contributed by atoms with Gasteiger partial charge in [-0.3, -0.25) is 4.79 Å². The normalized spacial score (nSPS) is 12.1. The van der Waals surface area contributed by atoms with E-state index in [2.05, 4.69) is 5.32 Å². The first-order valence-electron chi connectivity index (χ1n) is 6.30. The molecular formula is C15H17NO3. The maximum Gasteiger partial charge on any atom is 0.287 e. The highest BCUT2D eigenvalue weighted by atomic mass is 16.3. The molecule has 0 bridgehead atoms. The molecule has 2 N–H and O–H groups in total. The molecule has 1 aromatic heterocycles. The Balaban J connectivity index is 2.08. The molecule has 0 aliphatic heterocycles. The van der Waals surface area contributed by atoms with Gasteiger partial charge in [-0.1, -0.05) is 37.3 Å². The van der Waals surface area contributed by atoms with Gasteiger partial charge in [0.2, 0.25) is 0 Å². The largest absolute Gasteiger partial charge is 0.456 e. The predicted octanol–water partition coefficient (Wildman–Crippen LogP) is 2.31. The van der Waals surface area contributed by atoms with Crippen molar-refractivity contribution in [3.05, 3.63) is 59.5 Å². The van der Waals surface area contributed by atoms with Gasteiger partial charge in [-0.2, -0.15) is 0 Å². The van der Waals surface area contributed by atoms with E-state index >= 15 is 0 Å². The first-order chi connectivity index (χ1) is 9.24. The molecular weight excluding hydrogens is 242 g/mol. The van der Waals surface area contributed by atoms with Crippen molar-refractivity contribution in [2.45, 2.75) is 19.4 Å². The van der Waals surface area contributed by atoms with Gasteiger partial charge in [0.25, 0.3) is 5.91 Å². The van der Waals surface area contributed by atoms with E-state index < -0.39 is 6.04 Å². The van der Waals surface area contributed by atoms with Gasteiger partial charge in [0, 0.05) is 6.42 Å². The number of carbonyl (C=O) groups excluding carboxylic acids is 1. The lowest BCUT2D eigenvalue weighted by molar-refractivity contribution is 0.0886. The van der Waals surface area contributed by atoms with Crippen LogP contribution < -0.4 is 5.32 Å². The smallest absolute Gasteiger partial charge is 0.287 e. The fraction of sp³-hybridized carbons (Fsp3) is 0.267. The van der Waals surface area contributed by atoms with Gasteiger partial charge in [-0.15, -0.1) is 0 Å². The number of carbonyl (C=O) groups is 1. The van der Waals surface area contributed by atoms with Gasteiger partial charge in [-0.05, 0) is 17.7 Å². The third kappa shape index (κ3) is 3.23. The van der Waals surface area contributed by atoms with Gasteiger partial charge in [0.1, 0.15) is 5.76 Å². The summed E-state index contributed by atoms with van der Waals surface area (Å²) in [5, 5.41) is 12.1. The summed E-state index contributed by atoms with van der Waals surface area (Å²) in [4.78, 5) is 12.0. The third-order valence-corrected chi connectivity index (χ3v) is 2.92. The summed E-state index contributed by atoms with van der Waals surface area (Å²) in [5.74, 6) is 0.722. The minimum atomic E-state index is -0.427. The fourth-order valence-corrected chi connectivity index (χ4v) is 1.84. The zero-order chi connectivity index (χ0) is 13.7. The summed E-state index contributed by atoms with van der Waals surface area (Å²) in [5.41, 5.74) is 0.862. The maximum absolute atomic E-state index is 12.0.